The first kappa shape index (κ1) is 11.1. The molecule has 3 aromatic rings. The lowest BCUT2D eigenvalue weighted by Gasteiger charge is -2.16. The molecule has 2 heterocycles. The zero-order chi connectivity index (χ0) is 12.8. The molecular weight excluding hydrogens is 254 g/mol. The molecule has 19 heavy (non-hydrogen) atoms. The van der Waals surface area contributed by atoms with Gasteiger partial charge in [-0.3, -0.25) is 4.40 Å². The van der Waals surface area contributed by atoms with Gasteiger partial charge in [-0.2, -0.15) is 0 Å². The van der Waals surface area contributed by atoms with E-state index in [1.807, 2.05) is 4.40 Å². The second-order valence-corrected chi connectivity index (χ2v) is 5.95. The highest BCUT2D eigenvalue weighted by Gasteiger charge is 2.13. The maximum atomic E-state index is 6.00. The molecule has 0 radical (unpaired) electrons. The first-order valence-electron chi connectivity index (χ1n) is 6.65. The molecule has 0 fully saturated rings. The lowest BCUT2D eigenvalue weighted by atomic mass is 9.90. The van der Waals surface area contributed by atoms with E-state index in [0.717, 1.165) is 10.7 Å². The Morgan fingerprint density at radius 1 is 1.16 bits per heavy atom. The van der Waals surface area contributed by atoms with Crippen LogP contribution in [0.1, 0.15) is 24.0 Å². The van der Waals surface area contributed by atoms with E-state index in [1.165, 1.54) is 42.4 Å². The predicted molar refractivity (Wildman–Crippen MR) is 79.6 cm³/mol. The highest BCUT2D eigenvalue weighted by Crippen LogP contribution is 2.31. The van der Waals surface area contributed by atoms with Crippen LogP contribution >= 0.6 is 11.3 Å². The molecule has 2 N–H and O–H groups in total. The van der Waals surface area contributed by atoms with Crippen molar-refractivity contribution in [2.24, 2.45) is 0 Å². The smallest absolute Gasteiger partial charge is 0.195 e. The minimum Gasteiger partial charge on any atom is -0.383 e. The summed E-state index contributed by atoms with van der Waals surface area (Å²) in [5, 5.41) is 2.14. The van der Waals surface area contributed by atoms with Gasteiger partial charge < -0.3 is 5.73 Å². The van der Waals surface area contributed by atoms with Crippen molar-refractivity contribution >= 4 is 22.1 Å². The maximum absolute atomic E-state index is 6.00. The standard InChI is InChI=1S/C15H15N3S/c16-14-8-17-15-18(14)13(9-19-15)12-6-5-10-3-1-2-4-11(10)7-12/h5-9H,1-4,16H2. The second-order valence-electron chi connectivity index (χ2n) is 5.11. The second kappa shape index (κ2) is 4.10. The Balaban J connectivity index is 1.90. The van der Waals surface area contributed by atoms with Crippen molar-refractivity contribution in [3.05, 3.63) is 40.9 Å². The Bertz CT molecular complexity index is 754. The molecule has 0 atom stereocenters. The Morgan fingerprint density at radius 3 is 2.89 bits per heavy atom. The number of nitrogen functional groups attached to an aromatic ring is 1. The number of benzene rings is 1. The lowest BCUT2D eigenvalue weighted by Crippen LogP contribution is -2.02. The van der Waals surface area contributed by atoms with E-state index in [4.69, 9.17) is 5.73 Å². The van der Waals surface area contributed by atoms with E-state index in [0.29, 0.717) is 5.82 Å². The molecule has 4 heteroatoms. The normalized spacial score (nSPS) is 14.7. The molecule has 0 aliphatic heterocycles. The zero-order valence-corrected chi connectivity index (χ0v) is 11.4. The molecule has 0 unspecified atom stereocenters. The third kappa shape index (κ3) is 1.67. The van der Waals surface area contributed by atoms with Gasteiger partial charge in [-0.15, -0.1) is 11.3 Å². The number of nitrogens with two attached hydrogens (primary N) is 1. The first-order chi connectivity index (χ1) is 9.33. The maximum Gasteiger partial charge on any atom is 0.195 e. The van der Waals surface area contributed by atoms with Gasteiger partial charge in [-0.25, -0.2) is 4.98 Å². The molecular formula is C15H15N3S. The fourth-order valence-corrected chi connectivity index (χ4v) is 3.80. The van der Waals surface area contributed by atoms with Gasteiger partial charge >= 0.3 is 0 Å². The van der Waals surface area contributed by atoms with Crippen molar-refractivity contribution in [2.45, 2.75) is 25.7 Å². The van der Waals surface area contributed by atoms with E-state index in [-0.39, 0.29) is 0 Å². The molecule has 0 amide bonds. The Labute approximate surface area is 115 Å². The summed E-state index contributed by atoms with van der Waals surface area (Å²) < 4.78 is 2.04. The highest BCUT2D eigenvalue weighted by molar-refractivity contribution is 7.15. The summed E-state index contributed by atoms with van der Waals surface area (Å²) in [6.07, 6.45) is 6.79. The molecule has 1 aliphatic rings. The van der Waals surface area contributed by atoms with E-state index >= 15 is 0 Å². The van der Waals surface area contributed by atoms with Gasteiger partial charge in [0.25, 0.3) is 0 Å². The molecule has 2 aromatic heterocycles. The summed E-state index contributed by atoms with van der Waals surface area (Å²) in [6, 6.07) is 6.82. The summed E-state index contributed by atoms with van der Waals surface area (Å²) >= 11 is 1.64. The number of rotatable bonds is 1. The quantitative estimate of drug-likeness (QED) is 0.734. The van der Waals surface area contributed by atoms with Crippen molar-refractivity contribution < 1.29 is 0 Å². The van der Waals surface area contributed by atoms with Crippen LogP contribution < -0.4 is 5.73 Å². The van der Waals surface area contributed by atoms with Crippen molar-refractivity contribution in [2.75, 3.05) is 5.73 Å². The number of imidazole rings is 1. The van der Waals surface area contributed by atoms with Gasteiger partial charge in [0.2, 0.25) is 0 Å². The minimum absolute atomic E-state index is 0.712. The predicted octanol–water partition coefficient (Wildman–Crippen LogP) is 3.52. The summed E-state index contributed by atoms with van der Waals surface area (Å²) in [6.45, 7) is 0. The van der Waals surface area contributed by atoms with E-state index in [2.05, 4.69) is 28.6 Å². The molecule has 0 saturated carbocycles. The third-order valence-electron chi connectivity index (χ3n) is 3.92. The van der Waals surface area contributed by atoms with Crippen molar-refractivity contribution in [1.29, 1.82) is 0 Å². The number of nitrogens with zero attached hydrogens (tertiary/aromatic N) is 2. The zero-order valence-electron chi connectivity index (χ0n) is 10.6. The molecule has 4 rings (SSSR count). The fourth-order valence-electron chi connectivity index (χ4n) is 2.92. The van der Waals surface area contributed by atoms with Crippen molar-refractivity contribution in [3.8, 4) is 11.3 Å². The third-order valence-corrected chi connectivity index (χ3v) is 4.76. The molecule has 0 bridgehead atoms. The van der Waals surface area contributed by atoms with Crippen LogP contribution in [0.5, 0.6) is 0 Å². The van der Waals surface area contributed by atoms with E-state index < -0.39 is 0 Å². The number of hydrogen-bond acceptors (Lipinski definition) is 3. The number of fused-ring (bicyclic) bond motifs is 2. The van der Waals surface area contributed by atoms with Crippen LogP contribution in [-0.2, 0) is 12.8 Å². The molecule has 1 aromatic carbocycles. The molecule has 1 aliphatic carbocycles. The molecule has 3 nitrogen and oxygen atoms in total. The van der Waals surface area contributed by atoms with Gasteiger partial charge in [0.05, 0.1) is 11.9 Å². The van der Waals surface area contributed by atoms with Crippen LogP contribution in [0.25, 0.3) is 16.2 Å². The number of hydrogen-bond donors (Lipinski definition) is 1. The topological polar surface area (TPSA) is 43.3 Å². The minimum atomic E-state index is 0.712. The SMILES string of the molecule is Nc1cnc2scc(-c3ccc4c(c3)CCCC4)n12. The van der Waals surface area contributed by atoms with Crippen molar-refractivity contribution in [1.82, 2.24) is 9.38 Å². The largest absolute Gasteiger partial charge is 0.383 e. The van der Waals surface area contributed by atoms with Crippen LogP contribution in [0, 0.1) is 0 Å². The number of thiazole rings is 1. The Morgan fingerprint density at radius 2 is 2.00 bits per heavy atom. The number of aryl methyl sites for hydroxylation is 2. The van der Waals surface area contributed by atoms with Crippen LogP contribution in [-0.4, -0.2) is 9.38 Å². The summed E-state index contributed by atoms with van der Waals surface area (Å²) in [7, 11) is 0. The molecule has 0 saturated heterocycles. The van der Waals surface area contributed by atoms with Gasteiger partial charge in [0.1, 0.15) is 5.82 Å². The van der Waals surface area contributed by atoms with Crippen LogP contribution in [0.4, 0.5) is 5.82 Å². The monoisotopic (exact) mass is 269 g/mol. The molecule has 96 valence electrons. The van der Waals surface area contributed by atoms with Gasteiger partial charge in [0, 0.05) is 5.38 Å². The highest BCUT2D eigenvalue weighted by atomic mass is 32.1. The molecule has 0 spiro atoms. The van der Waals surface area contributed by atoms with Crippen LogP contribution in [0.15, 0.2) is 29.8 Å². The van der Waals surface area contributed by atoms with Crippen LogP contribution in [0.2, 0.25) is 0 Å². The fraction of sp³-hybridized carbons (Fsp3) is 0.267. The van der Waals surface area contributed by atoms with E-state index in [9.17, 15) is 0 Å². The summed E-state index contributed by atoms with van der Waals surface area (Å²) in [4.78, 5) is 5.27. The Hall–Kier alpha value is -1.81. The van der Waals surface area contributed by atoms with E-state index in [1.54, 1.807) is 17.5 Å². The summed E-state index contributed by atoms with van der Waals surface area (Å²) in [5.74, 6) is 0.712. The Kier molecular flexibility index (Phi) is 2.38. The van der Waals surface area contributed by atoms with Gasteiger partial charge in [-0.1, -0.05) is 12.1 Å². The number of aromatic nitrogens is 2. The van der Waals surface area contributed by atoms with Gasteiger partial charge in [0.15, 0.2) is 4.96 Å². The van der Waals surface area contributed by atoms with Crippen LogP contribution in [0.3, 0.4) is 0 Å². The van der Waals surface area contributed by atoms with Crippen molar-refractivity contribution in [3.63, 3.8) is 0 Å². The summed E-state index contributed by atoms with van der Waals surface area (Å²) in [5.41, 5.74) is 11.4. The van der Waals surface area contributed by atoms with Gasteiger partial charge in [-0.05, 0) is 48.4 Å². The first-order valence-corrected chi connectivity index (χ1v) is 7.53. The number of anilines is 1. The lowest BCUT2D eigenvalue weighted by molar-refractivity contribution is 0.686. The average molecular weight is 269 g/mol. The average Bonchev–Trinajstić information content (AvgIpc) is 3.02.